The second-order valence-corrected chi connectivity index (χ2v) is 6.95. The molecular formula is C21H21N5O. The van der Waals surface area contributed by atoms with Crippen molar-refractivity contribution in [2.45, 2.75) is 25.3 Å². The van der Waals surface area contributed by atoms with Crippen molar-refractivity contribution >= 4 is 27.8 Å². The van der Waals surface area contributed by atoms with Crippen LogP contribution in [0.15, 0.2) is 49.1 Å². The molecule has 0 bridgehead atoms. The zero-order valence-electron chi connectivity index (χ0n) is 15.2. The maximum Gasteiger partial charge on any atom is 0.156 e. The van der Waals surface area contributed by atoms with Crippen molar-refractivity contribution in [2.75, 3.05) is 18.6 Å². The van der Waals surface area contributed by atoms with Crippen LogP contribution in [0.4, 0.5) is 5.82 Å². The predicted molar refractivity (Wildman–Crippen MR) is 106 cm³/mol. The normalized spacial score (nSPS) is 17.5. The number of aromatic amines is 1. The van der Waals surface area contributed by atoms with E-state index in [1.165, 1.54) is 12.0 Å². The van der Waals surface area contributed by atoms with Gasteiger partial charge in [-0.25, -0.2) is 9.97 Å². The van der Waals surface area contributed by atoms with Crippen molar-refractivity contribution in [3.8, 4) is 5.75 Å². The molecule has 0 spiro atoms. The first-order chi connectivity index (χ1) is 13.3. The van der Waals surface area contributed by atoms with Crippen LogP contribution in [0.1, 0.15) is 30.9 Å². The number of benzene rings is 1. The van der Waals surface area contributed by atoms with Crippen LogP contribution in [0.2, 0.25) is 0 Å². The van der Waals surface area contributed by atoms with Gasteiger partial charge in [-0.1, -0.05) is 6.07 Å². The van der Waals surface area contributed by atoms with Crippen molar-refractivity contribution in [2.24, 2.45) is 0 Å². The first-order valence-corrected chi connectivity index (χ1v) is 9.32. The Labute approximate surface area is 157 Å². The molecule has 1 N–H and O–H groups in total. The monoisotopic (exact) mass is 359 g/mol. The summed E-state index contributed by atoms with van der Waals surface area (Å²) in [5.74, 6) is 1.79. The zero-order chi connectivity index (χ0) is 18.2. The van der Waals surface area contributed by atoms with E-state index in [0.717, 1.165) is 52.9 Å². The Bertz CT molecular complexity index is 1090. The van der Waals surface area contributed by atoms with Crippen LogP contribution in [0.5, 0.6) is 5.75 Å². The number of piperidine rings is 1. The van der Waals surface area contributed by atoms with Gasteiger partial charge < -0.3 is 14.6 Å². The Morgan fingerprint density at radius 2 is 2.15 bits per heavy atom. The van der Waals surface area contributed by atoms with Crippen LogP contribution < -0.4 is 9.64 Å². The smallest absolute Gasteiger partial charge is 0.156 e. The molecule has 6 heteroatoms. The molecule has 0 radical (unpaired) electrons. The number of fused-ring (bicyclic) bond motifs is 3. The summed E-state index contributed by atoms with van der Waals surface area (Å²) in [6.07, 6.45) is 8.94. The number of anilines is 1. The van der Waals surface area contributed by atoms with E-state index in [4.69, 9.17) is 4.74 Å². The minimum atomic E-state index is 0.284. The Morgan fingerprint density at radius 1 is 1.19 bits per heavy atom. The standard InChI is InChI=1S/C21H21N5O/c1-27-15-7-8-17-16(11-15)19-20(25-17)21(24-13-23-19)26-10-3-2-6-18(26)14-5-4-9-22-12-14/h4-5,7-9,11-13,18,25H,2-3,6,10H2,1H3. The van der Waals surface area contributed by atoms with Gasteiger partial charge in [0, 0.05) is 29.8 Å². The van der Waals surface area contributed by atoms with Gasteiger partial charge in [-0.05, 0) is 49.1 Å². The molecule has 136 valence electrons. The number of nitrogens with zero attached hydrogens (tertiary/aromatic N) is 4. The van der Waals surface area contributed by atoms with E-state index < -0.39 is 0 Å². The number of hydrogen-bond acceptors (Lipinski definition) is 5. The average Bonchev–Trinajstić information content (AvgIpc) is 3.12. The summed E-state index contributed by atoms with van der Waals surface area (Å²) in [5, 5.41) is 1.06. The summed E-state index contributed by atoms with van der Waals surface area (Å²) in [4.78, 5) is 19.5. The van der Waals surface area contributed by atoms with E-state index in [1.807, 2.05) is 36.7 Å². The molecule has 27 heavy (non-hydrogen) atoms. The molecule has 6 nitrogen and oxygen atoms in total. The molecular weight excluding hydrogens is 338 g/mol. The van der Waals surface area contributed by atoms with Crippen molar-refractivity contribution in [1.29, 1.82) is 0 Å². The quantitative estimate of drug-likeness (QED) is 0.592. The molecule has 1 fully saturated rings. The number of rotatable bonds is 3. The highest BCUT2D eigenvalue weighted by molar-refractivity contribution is 6.08. The van der Waals surface area contributed by atoms with Gasteiger partial charge in [0.1, 0.15) is 23.1 Å². The summed E-state index contributed by atoms with van der Waals surface area (Å²) in [6.45, 7) is 0.977. The summed E-state index contributed by atoms with van der Waals surface area (Å²) < 4.78 is 5.39. The van der Waals surface area contributed by atoms with Crippen molar-refractivity contribution in [1.82, 2.24) is 19.9 Å². The Hall–Kier alpha value is -3.15. The minimum absolute atomic E-state index is 0.284. The Balaban J connectivity index is 1.67. The second kappa shape index (κ2) is 6.54. The molecule has 4 aromatic rings. The lowest BCUT2D eigenvalue weighted by Crippen LogP contribution is -2.34. The number of ether oxygens (including phenoxy) is 1. The molecule has 0 amide bonds. The summed E-state index contributed by atoms with van der Waals surface area (Å²) in [6, 6.07) is 10.5. The fourth-order valence-corrected chi connectivity index (χ4v) is 4.11. The number of aromatic nitrogens is 4. The molecule has 0 aliphatic carbocycles. The van der Waals surface area contributed by atoms with Gasteiger partial charge in [0.15, 0.2) is 5.82 Å². The minimum Gasteiger partial charge on any atom is -0.497 e. The lowest BCUT2D eigenvalue weighted by Gasteiger charge is -2.36. The molecule has 1 unspecified atom stereocenters. The van der Waals surface area contributed by atoms with Crippen molar-refractivity contribution < 1.29 is 4.74 Å². The molecule has 3 aromatic heterocycles. The lowest BCUT2D eigenvalue weighted by atomic mass is 9.96. The molecule has 5 rings (SSSR count). The van der Waals surface area contributed by atoms with Crippen LogP contribution >= 0.6 is 0 Å². The number of pyridine rings is 1. The number of nitrogens with one attached hydrogen (secondary N) is 1. The van der Waals surface area contributed by atoms with Gasteiger partial charge in [-0.2, -0.15) is 0 Å². The van der Waals surface area contributed by atoms with E-state index in [9.17, 15) is 0 Å². The highest BCUT2D eigenvalue weighted by atomic mass is 16.5. The van der Waals surface area contributed by atoms with Crippen molar-refractivity contribution in [3.63, 3.8) is 0 Å². The zero-order valence-corrected chi connectivity index (χ0v) is 15.2. The van der Waals surface area contributed by atoms with Gasteiger partial charge in [0.25, 0.3) is 0 Å². The molecule has 1 aliphatic heterocycles. The third-order valence-corrected chi connectivity index (χ3v) is 5.41. The van der Waals surface area contributed by atoms with Crippen molar-refractivity contribution in [3.05, 3.63) is 54.6 Å². The lowest BCUT2D eigenvalue weighted by molar-refractivity contribution is 0.415. The fraction of sp³-hybridized carbons (Fsp3) is 0.286. The van der Waals surface area contributed by atoms with Gasteiger partial charge in [-0.3, -0.25) is 4.98 Å². The largest absolute Gasteiger partial charge is 0.497 e. The third-order valence-electron chi connectivity index (χ3n) is 5.41. The van der Waals surface area contributed by atoms with Gasteiger partial charge in [0.2, 0.25) is 0 Å². The van der Waals surface area contributed by atoms with Crippen LogP contribution in [0.25, 0.3) is 21.9 Å². The first-order valence-electron chi connectivity index (χ1n) is 9.32. The maximum atomic E-state index is 5.39. The number of hydrogen-bond donors (Lipinski definition) is 1. The number of methoxy groups -OCH3 is 1. The van der Waals surface area contributed by atoms with Crippen LogP contribution in [0, 0.1) is 0 Å². The average molecular weight is 359 g/mol. The van der Waals surface area contributed by atoms with Gasteiger partial charge >= 0.3 is 0 Å². The maximum absolute atomic E-state index is 5.39. The van der Waals surface area contributed by atoms with E-state index in [-0.39, 0.29) is 6.04 Å². The first kappa shape index (κ1) is 16.1. The molecule has 1 atom stereocenters. The molecule has 4 heterocycles. The van der Waals surface area contributed by atoms with Crippen LogP contribution in [-0.4, -0.2) is 33.6 Å². The second-order valence-electron chi connectivity index (χ2n) is 6.95. The number of H-pyrrole nitrogens is 1. The molecule has 1 saturated heterocycles. The predicted octanol–water partition coefficient (Wildman–Crippen LogP) is 4.25. The summed E-state index contributed by atoms with van der Waals surface area (Å²) >= 11 is 0. The van der Waals surface area contributed by atoms with E-state index in [2.05, 4.69) is 30.9 Å². The van der Waals surface area contributed by atoms with Gasteiger partial charge in [0.05, 0.1) is 13.2 Å². The van der Waals surface area contributed by atoms with Crippen LogP contribution in [-0.2, 0) is 0 Å². The van der Waals surface area contributed by atoms with Gasteiger partial charge in [-0.15, -0.1) is 0 Å². The van der Waals surface area contributed by atoms with E-state index in [0.29, 0.717) is 0 Å². The Kier molecular flexibility index (Phi) is 3.89. The molecule has 1 aromatic carbocycles. The molecule has 0 saturated carbocycles. The highest BCUT2D eigenvalue weighted by Gasteiger charge is 2.27. The third kappa shape index (κ3) is 2.68. The summed E-state index contributed by atoms with van der Waals surface area (Å²) in [5.41, 5.74) is 4.20. The topological polar surface area (TPSA) is 66.9 Å². The van der Waals surface area contributed by atoms with Crippen LogP contribution in [0.3, 0.4) is 0 Å². The Morgan fingerprint density at radius 3 is 3.00 bits per heavy atom. The SMILES string of the molecule is COc1ccc2[nH]c3c(N4CCCCC4c4cccnc4)ncnc3c2c1. The molecule has 1 aliphatic rings. The van der Waals surface area contributed by atoms with E-state index >= 15 is 0 Å². The fourth-order valence-electron chi connectivity index (χ4n) is 4.11. The van der Waals surface area contributed by atoms with E-state index in [1.54, 1.807) is 13.4 Å². The summed E-state index contributed by atoms with van der Waals surface area (Å²) in [7, 11) is 1.68. The highest BCUT2D eigenvalue weighted by Crippen LogP contribution is 2.38.